The van der Waals surface area contributed by atoms with Gasteiger partial charge in [0.05, 0.1) is 19.3 Å². The van der Waals surface area contributed by atoms with E-state index in [0.717, 1.165) is 35.4 Å². The number of hydrogen-bond acceptors (Lipinski definition) is 5. The summed E-state index contributed by atoms with van der Waals surface area (Å²) in [6.45, 7) is 9.52. The minimum absolute atomic E-state index is 0.0215. The van der Waals surface area contributed by atoms with Gasteiger partial charge in [0, 0.05) is 4.88 Å². The molecule has 2 heterocycles. The van der Waals surface area contributed by atoms with E-state index in [1.54, 1.807) is 18.4 Å². The van der Waals surface area contributed by atoms with Crippen molar-refractivity contribution < 1.29 is 14.3 Å². The van der Waals surface area contributed by atoms with Crippen molar-refractivity contribution in [2.45, 2.75) is 59.5 Å². The van der Waals surface area contributed by atoms with Crippen molar-refractivity contribution in [2.75, 3.05) is 19.0 Å². The van der Waals surface area contributed by atoms with Gasteiger partial charge in [-0.25, -0.2) is 0 Å². The molecule has 0 saturated carbocycles. The summed E-state index contributed by atoms with van der Waals surface area (Å²) in [4.78, 5) is 14.5. The van der Waals surface area contributed by atoms with E-state index in [-0.39, 0.29) is 12.1 Å². The maximum atomic E-state index is 13.1. The van der Waals surface area contributed by atoms with Crippen molar-refractivity contribution in [1.29, 1.82) is 0 Å². The first-order chi connectivity index (χ1) is 14.4. The zero-order valence-electron chi connectivity index (χ0n) is 18.6. The van der Waals surface area contributed by atoms with Crippen LogP contribution in [0.3, 0.4) is 0 Å². The molecule has 0 spiro atoms. The molecule has 4 rings (SSSR count). The standard InChI is InChI=1S/C24H32N2O3S/c1-6-24(3,4)15-9-10-16-19(13-15)30-23-20(16)22(27)25-21(26-23)14-8-11-17(28-5)18(12-14)29-7-2/h8,11-12,15,21,26H,6-7,9-10,13H2,1-5H3,(H,25,27)/t15-,21+/m0/s1. The minimum Gasteiger partial charge on any atom is -0.493 e. The van der Waals surface area contributed by atoms with Gasteiger partial charge in [-0.15, -0.1) is 11.3 Å². The molecule has 1 aromatic heterocycles. The summed E-state index contributed by atoms with van der Waals surface area (Å²) in [6, 6.07) is 5.80. The van der Waals surface area contributed by atoms with Crippen molar-refractivity contribution in [3.05, 3.63) is 39.8 Å². The highest BCUT2D eigenvalue weighted by molar-refractivity contribution is 7.16. The van der Waals surface area contributed by atoms with E-state index in [1.807, 2.05) is 25.1 Å². The molecule has 0 saturated heterocycles. The first kappa shape index (κ1) is 21.0. The summed E-state index contributed by atoms with van der Waals surface area (Å²) in [5.74, 6) is 2.08. The summed E-state index contributed by atoms with van der Waals surface area (Å²) in [7, 11) is 1.63. The lowest BCUT2D eigenvalue weighted by atomic mass is 9.69. The molecule has 0 unspecified atom stereocenters. The van der Waals surface area contributed by atoms with Gasteiger partial charge in [-0.3, -0.25) is 4.79 Å². The molecule has 1 aromatic carbocycles. The molecule has 2 N–H and O–H groups in total. The summed E-state index contributed by atoms with van der Waals surface area (Å²) in [5.41, 5.74) is 3.40. The lowest BCUT2D eigenvalue weighted by Gasteiger charge is -2.36. The molecule has 2 aliphatic rings. The summed E-state index contributed by atoms with van der Waals surface area (Å²) < 4.78 is 11.1. The number of amides is 1. The second-order valence-corrected chi connectivity index (χ2v) is 9.99. The number of carbonyl (C=O) groups is 1. The Hall–Kier alpha value is -2.21. The lowest BCUT2D eigenvalue weighted by Crippen LogP contribution is -2.38. The Morgan fingerprint density at radius 3 is 2.70 bits per heavy atom. The van der Waals surface area contributed by atoms with Gasteiger partial charge < -0.3 is 20.1 Å². The van der Waals surface area contributed by atoms with Crippen LogP contribution in [0.5, 0.6) is 11.5 Å². The molecule has 0 bridgehead atoms. The quantitative estimate of drug-likeness (QED) is 0.633. The number of nitrogens with one attached hydrogen (secondary N) is 2. The third kappa shape index (κ3) is 3.66. The van der Waals surface area contributed by atoms with E-state index in [9.17, 15) is 4.79 Å². The lowest BCUT2D eigenvalue weighted by molar-refractivity contribution is 0.0934. The Morgan fingerprint density at radius 1 is 1.20 bits per heavy atom. The Bertz CT molecular complexity index is 950. The molecule has 2 atom stereocenters. The van der Waals surface area contributed by atoms with Gasteiger partial charge in [0.2, 0.25) is 0 Å². The van der Waals surface area contributed by atoms with Crippen LogP contribution in [0.25, 0.3) is 0 Å². The highest BCUT2D eigenvalue weighted by atomic mass is 32.1. The Kier molecular flexibility index (Phi) is 5.71. The average molecular weight is 429 g/mol. The number of thiophene rings is 1. The molecular weight excluding hydrogens is 396 g/mol. The number of fused-ring (bicyclic) bond motifs is 3. The maximum Gasteiger partial charge on any atom is 0.256 e. The zero-order chi connectivity index (χ0) is 21.5. The number of carbonyl (C=O) groups excluding carboxylic acids is 1. The van der Waals surface area contributed by atoms with Gasteiger partial charge in [0.25, 0.3) is 5.91 Å². The van der Waals surface area contributed by atoms with Crippen LogP contribution in [-0.4, -0.2) is 19.6 Å². The van der Waals surface area contributed by atoms with Crippen LogP contribution in [0.4, 0.5) is 5.00 Å². The van der Waals surface area contributed by atoms with Crippen molar-refractivity contribution in [2.24, 2.45) is 11.3 Å². The number of hydrogen-bond donors (Lipinski definition) is 2. The fourth-order valence-electron chi connectivity index (χ4n) is 4.56. The predicted octanol–water partition coefficient (Wildman–Crippen LogP) is 5.55. The molecule has 30 heavy (non-hydrogen) atoms. The smallest absolute Gasteiger partial charge is 0.256 e. The highest BCUT2D eigenvalue weighted by Gasteiger charge is 2.37. The largest absolute Gasteiger partial charge is 0.493 e. The van der Waals surface area contributed by atoms with E-state index in [4.69, 9.17) is 9.47 Å². The van der Waals surface area contributed by atoms with E-state index in [1.165, 1.54) is 16.9 Å². The van der Waals surface area contributed by atoms with Crippen LogP contribution in [0.15, 0.2) is 18.2 Å². The summed E-state index contributed by atoms with van der Waals surface area (Å²) in [5, 5.41) is 7.71. The predicted molar refractivity (Wildman–Crippen MR) is 122 cm³/mol. The van der Waals surface area contributed by atoms with Crippen molar-refractivity contribution in [3.8, 4) is 11.5 Å². The molecule has 6 heteroatoms. The molecule has 1 amide bonds. The van der Waals surface area contributed by atoms with Gasteiger partial charge in [-0.2, -0.15) is 0 Å². The van der Waals surface area contributed by atoms with Gasteiger partial charge >= 0.3 is 0 Å². The Labute approximate surface area is 183 Å². The maximum absolute atomic E-state index is 13.1. The van der Waals surface area contributed by atoms with Crippen molar-refractivity contribution in [3.63, 3.8) is 0 Å². The van der Waals surface area contributed by atoms with Crippen LogP contribution < -0.4 is 20.1 Å². The van der Waals surface area contributed by atoms with Crippen LogP contribution in [-0.2, 0) is 12.8 Å². The molecule has 5 nitrogen and oxygen atoms in total. The van der Waals surface area contributed by atoms with Gasteiger partial charge in [0.1, 0.15) is 11.2 Å². The number of anilines is 1. The Morgan fingerprint density at radius 2 is 2.00 bits per heavy atom. The van der Waals surface area contributed by atoms with Crippen LogP contribution >= 0.6 is 11.3 Å². The number of ether oxygens (including phenoxy) is 2. The molecule has 2 aromatic rings. The average Bonchev–Trinajstić information content (AvgIpc) is 3.12. The third-order valence-electron chi connectivity index (χ3n) is 6.88. The first-order valence-electron chi connectivity index (χ1n) is 10.9. The number of methoxy groups -OCH3 is 1. The molecule has 1 aliphatic carbocycles. The van der Waals surface area contributed by atoms with E-state index >= 15 is 0 Å². The SMILES string of the molecule is CCOc1cc([C@@H]2NC(=O)c3c(sc4c3CC[C@H](C(C)(C)CC)C4)N2)ccc1OC. The van der Waals surface area contributed by atoms with Crippen molar-refractivity contribution >= 4 is 22.2 Å². The number of rotatable bonds is 6. The number of benzene rings is 1. The van der Waals surface area contributed by atoms with E-state index in [0.29, 0.717) is 29.4 Å². The fraction of sp³-hybridized carbons (Fsp3) is 0.542. The van der Waals surface area contributed by atoms with E-state index in [2.05, 4.69) is 31.4 Å². The van der Waals surface area contributed by atoms with Gasteiger partial charge in [0.15, 0.2) is 11.5 Å². The third-order valence-corrected chi connectivity index (χ3v) is 8.07. The molecular formula is C24H32N2O3S. The summed E-state index contributed by atoms with van der Waals surface area (Å²) >= 11 is 1.76. The second kappa shape index (κ2) is 8.14. The topological polar surface area (TPSA) is 59.6 Å². The Balaban J connectivity index is 1.61. The monoisotopic (exact) mass is 428 g/mol. The van der Waals surface area contributed by atoms with Gasteiger partial charge in [-0.05, 0) is 60.8 Å². The molecule has 1 aliphatic heterocycles. The molecule has 0 fully saturated rings. The zero-order valence-corrected chi connectivity index (χ0v) is 19.4. The van der Waals surface area contributed by atoms with Crippen LogP contribution in [0, 0.1) is 11.3 Å². The van der Waals surface area contributed by atoms with E-state index < -0.39 is 0 Å². The first-order valence-corrected chi connectivity index (χ1v) is 11.7. The molecule has 0 radical (unpaired) electrons. The van der Waals surface area contributed by atoms with Gasteiger partial charge in [-0.1, -0.05) is 33.3 Å². The van der Waals surface area contributed by atoms with Crippen LogP contribution in [0.1, 0.15) is 73.1 Å². The fourth-order valence-corrected chi connectivity index (χ4v) is 5.91. The normalized spacial score (nSPS) is 20.6. The van der Waals surface area contributed by atoms with Crippen molar-refractivity contribution in [1.82, 2.24) is 5.32 Å². The minimum atomic E-state index is -0.280. The highest BCUT2D eigenvalue weighted by Crippen LogP contribution is 2.47. The summed E-state index contributed by atoms with van der Waals surface area (Å²) in [6.07, 6.45) is 4.12. The second-order valence-electron chi connectivity index (χ2n) is 8.88. The van der Waals surface area contributed by atoms with Crippen LogP contribution in [0.2, 0.25) is 0 Å². The molecule has 162 valence electrons.